The third-order valence-electron chi connectivity index (χ3n) is 2.61. The summed E-state index contributed by atoms with van der Waals surface area (Å²) < 4.78 is 37.7. The van der Waals surface area contributed by atoms with Gasteiger partial charge in [0.05, 0.1) is 21.4 Å². The van der Waals surface area contributed by atoms with Crippen LogP contribution in [-0.2, 0) is 15.6 Å². The van der Waals surface area contributed by atoms with Crippen LogP contribution in [0.5, 0.6) is 0 Å². The van der Waals surface area contributed by atoms with Crippen molar-refractivity contribution < 1.29 is 17.8 Å². The van der Waals surface area contributed by atoms with Crippen LogP contribution in [0.1, 0.15) is 0 Å². The molecule has 0 saturated carbocycles. The Labute approximate surface area is 122 Å². The van der Waals surface area contributed by atoms with Crippen LogP contribution in [0.15, 0.2) is 47.4 Å². The van der Waals surface area contributed by atoms with Crippen LogP contribution in [0.25, 0.3) is 0 Å². The first-order chi connectivity index (χ1) is 9.95. The number of hydrogen-bond acceptors (Lipinski definition) is 3. The van der Waals surface area contributed by atoms with Crippen molar-refractivity contribution >= 4 is 28.1 Å². The van der Waals surface area contributed by atoms with E-state index >= 15 is 0 Å². The molecule has 0 bridgehead atoms. The summed E-state index contributed by atoms with van der Waals surface area (Å²) in [4.78, 5) is 11.9. The number of amides is 1. The number of carbonyl (C=O) groups excluding carboxylic acids is 1. The summed E-state index contributed by atoms with van der Waals surface area (Å²) in [7, 11) is -1.69. The molecule has 2 aromatic carbocycles. The molecule has 2 aromatic rings. The number of nitrogen functional groups attached to an aromatic ring is 1. The van der Waals surface area contributed by atoms with E-state index in [2.05, 4.69) is 5.32 Å². The summed E-state index contributed by atoms with van der Waals surface area (Å²) in [6.07, 6.45) is 0. The fourth-order valence-electron chi connectivity index (χ4n) is 1.65. The summed E-state index contributed by atoms with van der Waals surface area (Å²) >= 11 is 0. The molecule has 1 unspecified atom stereocenters. The van der Waals surface area contributed by atoms with Crippen LogP contribution >= 0.6 is 0 Å². The largest absolute Gasteiger partial charge is 0.398 e. The predicted octanol–water partition coefficient (Wildman–Crippen LogP) is 2.29. The van der Waals surface area contributed by atoms with Crippen LogP contribution < -0.4 is 11.1 Å². The first kappa shape index (κ1) is 15.1. The third-order valence-corrected chi connectivity index (χ3v) is 3.99. The summed E-state index contributed by atoms with van der Waals surface area (Å²) in [5.41, 5.74) is 5.99. The van der Waals surface area contributed by atoms with Crippen molar-refractivity contribution in [1.29, 1.82) is 0 Å². The van der Waals surface area contributed by atoms with Gasteiger partial charge in [0, 0.05) is 5.69 Å². The minimum Gasteiger partial charge on any atom is -0.398 e. The zero-order valence-corrected chi connectivity index (χ0v) is 11.6. The molecule has 0 radical (unpaired) electrons. The van der Waals surface area contributed by atoms with Crippen molar-refractivity contribution in [2.45, 2.75) is 4.90 Å². The molecule has 0 aliphatic heterocycles. The summed E-state index contributed by atoms with van der Waals surface area (Å²) in [5.74, 6) is -1.80. The lowest BCUT2D eigenvalue weighted by Gasteiger charge is -2.07. The summed E-state index contributed by atoms with van der Waals surface area (Å²) in [6.45, 7) is 0. The molecule has 1 amide bonds. The Morgan fingerprint density at radius 2 is 1.71 bits per heavy atom. The van der Waals surface area contributed by atoms with Gasteiger partial charge in [0.25, 0.3) is 0 Å². The Morgan fingerprint density at radius 3 is 2.33 bits per heavy atom. The van der Waals surface area contributed by atoms with Gasteiger partial charge >= 0.3 is 0 Å². The predicted molar refractivity (Wildman–Crippen MR) is 77.1 cm³/mol. The summed E-state index contributed by atoms with van der Waals surface area (Å²) in [6, 6.07) is 8.64. The molecule has 4 nitrogen and oxygen atoms in total. The van der Waals surface area contributed by atoms with E-state index in [1.807, 2.05) is 0 Å². The van der Waals surface area contributed by atoms with Gasteiger partial charge in [-0.05, 0) is 42.5 Å². The smallest absolute Gasteiger partial charge is 0.237 e. The number of nitrogens with one attached hydrogen (secondary N) is 1. The highest BCUT2D eigenvalue weighted by Crippen LogP contribution is 2.18. The minimum atomic E-state index is -1.69. The molecule has 110 valence electrons. The molecule has 21 heavy (non-hydrogen) atoms. The maximum atomic E-state index is 12.9. The maximum absolute atomic E-state index is 12.9. The maximum Gasteiger partial charge on any atom is 0.237 e. The number of anilines is 2. The van der Waals surface area contributed by atoms with E-state index in [-0.39, 0.29) is 16.3 Å². The fraction of sp³-hybridized carbons (Fsp3) is 0.0714. The van der Waals surface area contributed by atoms with Crippen molar-refractivity contribution in [2.75, 3.05) is 16.8 Å². The lowest BCUT2D eigenvalue weighted by atomic mass is 10.3. The van der Waals surface area contributed by atoms with Crippen LogP contribution in [-0.4, -0.2) is 15.9 Å². The monoisotopic (exact) mass is 310 g/mol. The first-order valence-corrected chi connectivity index (χ1v) is 7.26. The number of hydrogen-bond donors (Lipinski definition) is 2. The molecule has 0 saturated heterocycles. The average Bonchev–Trinajstić information content (AvgIpc) is 2.41. The Bertz CT molecular complexity index is 690. The molecular formula is C14H12F2N2O2S. The zero-order chi connectivity index (χ0) is 15.4. The van der Waals surface area contributed by atoms with Gasteiger partial charge in [-0.15, -0.1) is 0 Å². The summed E-state index contributed by atoms with van der Waals surface area (Å²) in [5, 5.41) is 2.49. The Morgan fingerprint density at radius 1 is 1.10 bits per heavy atom. The molecular weight excluding hydrogens is 298 g/mol. The van der Waals surface area contributed by atoms with Gasteiger partial charge in [-0.3, -0.25) is 9.00 Å². The highest BCUT2D eigenvalue weighted by Gasteiger charge is 2.13. The topological polar surface area (TPSA) is 72.2 Å². The normalized spacial score (nSPS) is 11.9. The van der Waals surface area contributed by atoms with Gasteiger partial charge in [-0.1, -0.05) is 0 Å². The number of carbonyl (C=O) groups is 1. The number of benzene rings is 2. The van der Waals surface area contributed by atoms with Crippen molar-refractivity contribution in [3.63, 3.8) is 0 Å². The quantitative estimate of drug-likeness (QED) is 0.851. The van der Waals surface area contributed by atoms with Crippen molar-refractivity contribution in [1.82, 2.24) is 0 Å². The lowest BCUT2D eigenvalue weighted by Crippen LogP contribution is -2.20. The first-order valence-electron chi connectivity index (χ1n) is 5.94. The molecule has 0 spiro atoms. The standard InChI is InChI=1S/C14H12F2N2O2S/c15-9-1-4-11(5-2-9)18-14(19)8-21(20)13-6-3-10(16)7-12(13)17/h1-7H,8,17H2,(H,18,19). The van der Waals surface area contributed by atoms with E-state index in [1.54, 1.807) is 0 Å². The van der Waals surface area contributed by atoms with Crippen molar-refractivity contribution in [3.05, 3.63) is 54.1 Å². The Kier molecular flexibility index (Phi) is 4.64. The molecule has 2 rings (SSSR count). The molecule has 0 aliphatic rings. The number of nitrogens with two attached hydrogens (primary N) is 1. The second-order valence-electron chi connectivity index (χ2n) is 4.23. The van der Waals surface area contributed by atoms with Crippen LogP contribution in [0.3, 0.4) is 0 Å². The third kappa shape index (κ3) is 4.09. The molecule has 1 atom stereocenters. The SMILES string of the molecule is Nc1cc(F)ccc1S(=O)CC(=O)Nc1ccc(F)cc1. The van der Waals surface area contributed by atoms with Gasteiger partial charge in [0.2, 0.25) is 5.91 Å². The molecule has 3 N–H and O–H groups in total. The Hall–Kier alpha value is -2.28. The molecule has 0 fully saturated rings. The number of halogens is 2. The van der Waals surface area contributed by atoms with E-state index in [9.17, 15) is 17.8 Å². The minimum absolute atomic E-state index is 0.0305. The Balaban J connectivity index is 2.02. The van der Waals surface area contributed by atoms with Gasteiger partial charge in [-0.2, -0.15) is 0 Å². The van der Waals surface area contributed by atoms with Crippen molar-refractivity contribution in [3.8, 4) is 0 Å². The molecule has 0 heterocycles. The second kappa shape index (κ2) is 6.45. The zero-order valence-electron chi connectivity index (χ0n) is 10.8. The molecule has 7 heteroatoms. The highest BCUT2D eigenvalue weighted by atomic mass is 32.2. The second-order valence-corrected chi connectivity index (χ2v) is 5.65. The number of rotatable bonds is 4. The fourth-order valence-corrected chi connectivity index (χ4v) is 2.66. The van der Waals surface area contributed by atoms with Gasteiger partial charge in [-0.25, -0.2) is 8.78 Å². The van der Waals surface area contributed by atoms with Crippen LogP contribution in [0.4, 0.5) is 20.2 Å². The molecule has 0 aliphatic carbocycles. The van der Waals surface area contributed by atoms with E-state index in [0.717, 1.165) is 12.1 Å². The van der Waals surface area contributed by atoms with Gasteiger partial charge < -0.3 is 11.1 Å². The average molecular weight is 310 g/mol. The van der Waals surface area contributed by atoms with Crippen LogP contribution in [0, 0.1) is 11.6 Å². The van der Waals surface area contributed by atoms with E-state index in [4.69, 9.17) is 5.73 Å². The highest BCUT2D eigenvalue weighted by molar-refractivity contribution is 7.86. The van der Waals surface area contributed by atoms with E-state index in [1.165, 1.54) is 30.3 Å². The van der Waals surface area contributed by atoms with Gasteiger partial charge in [0.15, 0.2) is 0 Å². The van der Waals surface area contributed by atoms with Crippen molar-refractivity contribution in [2.24, 2.45) is 0 Å². The lowest BCUT2D eigenvalue weighted by molar-refractivity contribution is -0.113. The van der Waals surface area contributed by atoms with Gasteiger partial charge in [0.1, 0.15) is 17.4 Å². The van der Waals surface area contributed by atoms with E-state index in [0.29, 0.717) is 5.69 Å². The van der Waals surface area contributed by atoms with E-state index < -0.39 is 28.3 Å². The van der Waals surface area contributed by atoms with Crippen LogP contribution in [0.2, 0.25) is 0 Å². The molecule has 0 aromatic heterocycles.